The number of aryl methyl sites for hydroxylation is 1. The first-order chi connectivity index (χ1) is 5.77. The van der Waals surface area contributed by atoms with Gasteiger partial charge in [0.2, 0.25) is 0 Å². The topological polar surface area (TPSA) is 9.23 Å². The van der Waals surface area contributed by atoms with E-state index in [9.17, 15) is 0 Å². The van der Waals surface area contributed by atoms with Crippen LogP contribution in [0.5, 0.6) is 5.75 Å². The third kappa shape index (κ3) is 2.42. The minimum Gasteiger partial charge on any atom is -0.496 e. The van der Waals surface area contributed by atoms with Crippen molar-refractivity contribution in [3.63, 3.8) is 0 Å². The number of rotatable bonds is 3. The first-order valence-electron chi connectivity index (χ1n) is 3.71. The van der Waals surface area contributed by atoms with Crippen molar-refractivity contribution >= 4 is 28.6 Å². The SMILES string of the molecule is COc1cc(Br)ccc1CCS. The standard InChI is InChI=1S/C9H11BrOS/c1-11-9-6-8(10)3-2-7(9)4-5-12/h2-3,6,12H,4-5H2,1H3. The summed E-state index contributed by atoms with van der Waals surface area (Å²) in [5.74, 6) is 1.77. The zero-order chi connectivity index (χ0) is 8.97. The van der Waals surface area contributed by atoms with Crippen molar-refractivity contribution in [3.8, 4) is 5.75 Å². The molecule has 0 aliphatic carbocycles. The molecule has 0 saturated carbocycles. The number of hydrogen-bond donors (Lipinski definition) is 1. The van der Waals surface area contributed by atoms with E-state index in [1.807, 2.05) is 12.1 Å². The molecule has 0 unspecified atom stereocenters. The number of methoxy groups -OCH3 is 1. The first-order valence-corrected chi connectivity index (χ1v) is 5.13. The van der Waals surface area contributed by atoms with Crippen LogP contribution >= 0.6 is 28.6 Å². The molecule has 0 N–H and O–H groups in total. The second-order valence-electron chi connectivity index (χ2n) is 2.43. The van der Waals surface area contributed by atoms with Crippen LogP contribution in [0.2, 0.25) is 0 Å². The maximum absolute atomic E-state index is 5.21. The average Bonchev–Trinajstić information content (AvgIpc) is 2.08. The second kappa shape index (κ2) is 4.77. The number of benzene rings is 1. The highest BCUT2D eigenvalue weighted by Crippen LogP contribution is 2.23. The van der Waals surface area contributed by atoms with Crippen LogP contribution in [0.4, 0.5) is 0 Å². The number of halogens is 1. The van der Waals surface area contributed by atoms with Gasteiger partial charge in [-0.3, -0.25) is 0 Å². The van der Waals surface area contributed by atoms with Crippen LogP contribution in [-0.4, -0.2) is 12.9 Å². The fraction of sp³-hybridized carbons (Fsp3) is 0.333. The van der Waals surface area contributed by atoms with E-state index in [1.54, 1.807) is 7.11 Å². The lowest BCUT2D eigenvalue weighted by molar-refractivity contribution is 0.410. The molecule has 0 spiro atoms. The Morgan fingerprint density at radius 3 is 2.83 bits per heavy atom. The smallest absolute Gasteiger partial charge is 0.123 e. The summed E-state index contributed by atoms with van der Waals surface area (Å²) < 4.78 is 6.26. The van der Waals surface area contributed by atoms with Crippen LogP contribution in [0, 0.1) is 0 Å². The first kappa shape index (κ1) is 9.93. The summed E-state index contributed by atoms with van der Waals surface area (Å²) in [7, 11) is 1.68. The van der Waals surface area contributed by atoms with E-state index >= 15 is 0 Å². The number of ether oxygens (including phenoxy) is 1. The lowest BCUT2D eigenvalue weighted by Crippen LogP contribution is -1.92. The van der Waals surface area contributed by atoms with Gasteiger partial charge in [-0.25, -0.2) is 0 Å². The Bertz CT molecular complexity index is 263. The molecule has 0 bridgehead atoms. The summed E-state index contributed by atoms with van der Waals surface area (Å²) >= 11 is 7.57. The zero-order valence-electron chi connectivity index (χ0n) is 6.88. The van der Waals surface area contributed by atoms with Crippen LogP contribution < -0.4 is 4.74 Å². The lowest BCUT2D eigenvalue weighted by Gasteiger charge is -2.06. The Labute approximate surface area is 86.7 Å². The highest BCUT2D eigenvalue weighted by atomic mass is 79.9. The van der Waals surface area contributed by atoms with Gasteiger partial charge in [0.1, 0.15) is 5.75 Å². The minimum atomic E-state index is 0.845. The molecule has 0 aliphatic heterocycles. The second-order valence-corrected chi connectivity index (χ2v) is 3.79. The maximum atomic E-state index is 5.21. The van der Waals surface area contributed by atoms with Gasteiger partial charge in [0, 0.05) is 4.47 Å². The maximum Gasteiger partial charge on any atom is 0.123 e. The highest BCUT2D eigenvalue weighted by Gasteiger charge is 2.01. The van der Waals surface area contributed by atoms with E-state index in [1.165, 1.54) is 5.56 Å². The molecule has 1 aromatic rings. The molecule has 1 nitrogen and oxygen atoms in total. The Balaban J connectivity index is 2.94. The third-order valence-electron chi connectivity index (χ3n) is 1.63. The Kier molecular flexibility index (Phi) is 3.95. The molecule has 0 saturated heterocycles. The Morgan fingerprint density at radius 1 is 1.50 bits per heavy atom. The molecule has 0 heterocycles. The van der Waals surface area contributed by atoms with Gasteiger partial charge >= 0.3 is 0 Å². The molecule has 12 heavy (non-hydrogen) atoms. The van der Waals surface area contributed by atoms with Crippen molar-refractivity contribution in [3.05, 3.63) is 28.2 Å². The summed E-state index contributed by atoms with van der Waals surface area (Å²) in [5, 5.41) is 0. The van der Waals surface area contributed by atoms with Crippen LogP contribution in [0.1, 0.15) is 5.56 Å². The lowest BCUT2D eigenvalue weighted by atomic mass is 10.1. The molecule has 0 fully saturated rings. The molecule has 0 aromatic heterocycles. The Hall–Kier alpha value is -0.150. The van der Waals surface area contributed by atoms with Gasteiger partial charge < -0.3 is 4.74 Å². The average molecular weight is 247 g/mol. The van der Waals surface area contributed by atoms with Crippen LogP contribution in [0.15, 0.2) is 22.7 Å². The molecule has 1 rings (SSSR count). The van der Waals surface area contributed by atoms with Gasteiger partial charge in [0.25, 0.3) is 0 Å². The van der Waals surface area contributed by atoms with Gasteiger partial charge in [-0.2, -0.15) is 12.6 Å². The summed E-state index contributed by atoms with van der Waals surface area (Å²) in [6, 6.07) is 6.04. The predicted octanol–water partition coefficient (Wildman–Crippen LogP) is 2.93. The number of thiol groups is 1. The van der Waals surface area contributed by atoms with E-state index in [2.05, 4.69) is 34.6 Å². The molecule has 3 heteroatoms. The van der Waals surface area contributed by atoms with E-state index < -0.39 is 0 Å². The van der Waals surface area contributed by atoms with E-state index in [4.69, 9.17) is 4.74 Å². The van der Waals surface area contributed by atoms with E-state index in [-0.39, 0.29) is 0 Å². The summed E-state index contributed by atoms with van der Waals surface area (Å²) in [5.41, 5.74) is 1.20. The fourth-order valence-electron chi connectivity index (χ4n) is 1.05. The molecular formula is C9H11BrOS. The molecule has 1 aromatic carbocycles. The molecule has 0 radical (unpaired) electrons. The van der Waals surface area contributed by atoms with Crippen LogP contribution in [0.25, 0.3) is 0 Å². The van der Waals surface area contributed by atoms with Crippen molar-refractivity contribution in [2.24, 2.45) is 0 Å². The highest BCUT2D eigenvalue weighted by molar-refractivity contribution is 9.10. The van der Waals surface area contributed by atoms with Crippen LogP contribution in [-0.2, 0) is 6.42 Å². The predicted molar refractivity (Wildman–Crippen MR) is 58.3 cm³/mol. The van der Waals surface area contributed by atoms with Gasteiger partial charge in [0.15, 0.2) is 0 Å². The zero-order valence-corrected chi connectivity index (χ0v) is 9.36. The van der Waals surface area contributed by atoms with E-state index in [0.717, 1.165) is 22.4 Å². The van der Waals surface area contributed by atoms with E-state index in [0.29, 0.717) is 0 Å². The summed E-state index contributed by atoms with van der Waals surface area (Å²) in [6.07, 6.45) is 0.944. The molecule has 0 amide bonds. The van der Waals surface area contributed by atoms with Gasteiger partial charge in [-0.05, 0) is 29.9 Å². The molecule has 66 valence electrons. The number of hydrogen-bond acceptors (Lipinski definition) is 2. The van der Waals surface area contributed by atoms with Crippen molar-refractivity contribution in [1.29, 1.82) is 0 Å². The van der Waals surface area contributed by atoms with Gasteiger partial charge in [0.05, 0.1) is 7.11 Å². The molecular weight excluding hydrogens is 236 g/mol. The van der Waals surface area contributed by atoms with Crippen molar-refractivity contribution in [2.75, 3.05) is 12.9 Å². The van der Waals surface area contributed by atoms with Gasteiger partial charge in [-0.15, -0.1) is 0 Å². The fourth-order valence-corrected chi connectivity index (χ4v) is 1.63. The van der Waals surface area contributed by atoms with Crippen LogP contribution in [0.3, 0.4) is 0 Å². The quantitative estimate of drug-likeness (QED) is 0.808. The normalized spacial score (nSPS) is 9.92. The minimum absolute atomic E-state index is 0.845. The van der Waals surface area contributed by atoms with Crippen molar-refractivity contribution in [2.45, 2.75) is 6.42 Å². The molecule has 0 aliphatic rings. The third-order valence-corrected chi connectivity index (χ3v) is 2.35. The Morgan fingerprint density at radius 2 is 2.25 bits per heavy atom. The van der Waals surface area contributed by atoms with Gasteiger partial charge in [-0.1, -0.05) is 22.0 Å². The van der Waals surface area contributed by atoms with Crippen molar-refractivity contribution in [1.82, 2.24) is 0 Å². The largest absolute Gasteiger partial charge is 0.496 e. The van der Waals surface area contributed by atoms with Crippen molar-refractivity contribution < 1.29 is 4.74 Å². The monoisotopic (exact) mass is 246 g/mol. The summed E-state index contributed by atoms with van der Waals surface area (Å²) in [6.45, 7) is 0. The summed E-state index contributed by atoms with van der Waals surface area (Å²) in [4.78, 5) is 0. The molecule has 0 atom stereocenters.